The largest absolute Gasteiger partial charge is 0.460 e. The van der Waals surface area contributed by atoms with E-state index in [1.807, 2.05) is 32.3 Å². The number of esters is 1. The van der Waals surface area contributed by atoms with Crippen LogP contribution >= 0.6 is 11.3 Å². The molecule has 0 radical (unpaired) electrons. The number of fused-ring (bicyclic) bond motifs is 3. The summed E-state index contributed by atoms with van der Waals surface area (Å²) in [5.41, 5.74) is 9.97. The number of aliphatic imine (C=N–C) groups is 1. The topological polar surface area (TPSA) is 95.4 Å². The molecule has 35 heavy (non-hydrogen) atoms. The van der Waals surface area contributed by atoms with Crippen molar-refractivity contribution in [3.63, 3.8) is 0 Å². The van der Waals surface area contributed by atoms with Crippen LogP contribution in [0, 0.1) is 32.7 Å². The number of ether oxygens (including phenoxy) is 1. The molecule has 1 aliphatic rings. The second-order valence-corrected chi connectivity index (χ2v) is 10.9. The number of carbonyl (C=O) groups excluding carboxylic acids is 1. The van der Waals surface area contributed by atoms with Crippen molar-refractivity contribution in [2.45, 2.75) is 72.4 Å². The molecule has 0 fully saturated rings. The van der Waals surface area contributed by atoms with Gasteiger partial charge in [0.2, 0.25) is 0 Å². The second-order valence-electron chi connectivity index (χ2n) is 9.71. The molecule has 0 bridgehead atoms. The molecule has 8 heteroatoms. The van der Waals surface area contributed by atoms with Crippen LogP contribution in [0.3, 0.4) is 0 Å². The number of carbonyl (C=O) groups is 1. The molecular formula is C27H31N5O2S. The number of nitrogens with zero attached hydrogens (tertiary/aromatic N) is 4. The zero-order valence-corrected chi connectivity index (χ0v) is 21.9. The molecule has 182 valence electrons. The van der Waals surface area contributed by atoms with Crippen LogP contribution in [0.15, 0.2) is 29.3 Å². The van der Waals surface area contributed by atoms with E-state index in [1.165, 1.54) is 16.0 Å². The summed E-state index contributed by atoms with van der Waals surface area (Å²) in [4.78, 5) is 19.2. The van der Waals surface area contributed by atoms with Gasteiger partial charge in [0.15, 0.2) is 5.82 Å². The Balaban J connectivity index is 1.82. The predicted octanol–water partition coefficient (Wildman–Crippen LogP) is 4.73. The lowest BCUT2D eigenvalue weighted by molar-refractivity contribution is -0.155. The van der Waals surface area contributed by atoms with Crippen molar-refractivity contribution >= 4 is 23.0 Å². The van der Waals surface area contributed by atoms with Crippen LogP contribution in [0.2, 0.25) is 0 Å². The van der Waals surface area contributed by atoms with E-state index in [1.54, 1.807) is 11.3 Å². The van der Waals surface area contributed by atoms with Gasteiger partial charge in [-0.2, -0.15) is 0 Å². The summed E-state index contributed by atoms with van der Waals surface area (Å²) in [5.74, 6) is 4.02. The SMILES string of the molecule is Cc1sc2c(c1C)C(c1ccc(CCC#CN)cc1)=NC(CC(=O)OC(C)(C)C)c1nnc(C)n1-2. The molecule has 2 N–H and O–H groups in total. The molecule has 2 aromatic heterocycles. The zero-order chi connectivity index (χ0) is 25.3. The Bertz CT molecular complexity index is 1350. The fraction of sp³-hybridized carbons (Fsp3) is 0.407. The third-order valence-electron chi connectivity index (χ3n) is 5.89. The number of benzene rings is 1. The fourth-order valence-electron chi connectivity index (χ4n) is 4.17. The first-order chi connectivity index (χ1) is 16.6. The van der Waals surface area contributed by atoms with Gasteiger partial charge in [0, 0.05) is 28.5 Å². The van der Waals surface area contributed by atoms with Gasteiger partial charge in [0.25, 0.3) is 0 Å². The maximum absolute atomic E-state index is 12.8. The van der Waals surface area contributed by atoms with E-state index in [-0.39, 0.29) is 12.4 Å². The quantitative estimate of drug-likeness (QED) is 0.318. The fourth-order valence-corrected chi connectivity index (χ4v) is 5.39. The van der Waals surface area contributed by atoms with Crippen LogP contribution in [0.5, 0.6) is 0 Å². The molecule has 4 rings (SSSR count). The lowest BCUT2D eigenvalue weighted by Crippen LogP contribution is -2.25. The predicted molar refractivity (Wildman–Crippen MR) is 139 cm³/mol. The van der Waals surface area contributed by atoms with E-state index >= 15 is 0 Å². The van der Waals surface area contributed by atoms with Gasteiger partial charge in [-0.05, 0) is 59.1 Å². The minimum atomic E-state index is -0.575. The van der Waals surface area contributed by atoms with Crippen molar-refractivity contribution in [2.75, 3.05) is 0 Å². The van der Waals surface area contributed by atoms with Gasteiger partial charge in [-0.3, -0.25) is 14.4 Å². The van der Waals surface area contributed by atoms with E-state index in [0.717, 1.165) is 40.5 Å². The minimum Gasteiger partial charge on any atom is -0.460 e. The molecule has 1 aromatic carbocycles. The molecule has 0 aliphatic carbocycles. The minimum absolute atomic E-state index is 0.0850. The second kappa shape index (κ2) is 9.67. The van der Waals surface area contributed by atoms with Crippen molar-refractivity contribution in [1.29, 1.82) is 0 Å². The molecule has 1 unspecified atom stereocenters. The molecule has 0 saturated heterocycles. The van der Waals surface area contributed by atoms with E-state index in [9.17, 15) is 4.79 Å². The Morgan fingerprint density at radius 3 is 2.54 bits per heavy atom. The smallest absolute Gasteiger partial charge is 0.308 e. The highest BCUT2D eigenvalue weighted by atomic mass is 32.1. The highest BCUT2D eigenvalue weighted by Gasteiger charge is 2.33. The maximum Gasteiger partial charge on any atom is 0.308 e. The Labute approximate surface area is 210 Å². The number of nitrogens with two attached hydrogens (primary N) is 1. The number of rotatable bonds is 5. The maximum atomic E-state index is 12.8. The molecule has 1 atom stereocenters. The lowest BCUT2D eigenvalue weighted by atomic mass is 9.98. The van der Waals surface area contributed by atoms with Gasteiger partial charge < -0.3 is 10.5 Å². The summed E-state index contributed by atoms with van der Waals surface area (Å²) >= 11 is 1.70. The first-order valence-electron chi connectivity index (χ1n) is 11.7. The van der Waals surface area contributed by atoms with Gasteiger partial charge >= 0.3 is 5.97 Å². The molecular weight excluding hydrogens is 458 g/mol. The third kappa shape index (κ3) is 5.15. The molecule has 0 spiro atoms. The van der Waals surface area contributed by atoms with Gasteiger partial charge in [-0.15, -0.1) is 21.5 Å². The van der Waals surface area contributed by atoms with Crippen molar-refractivity contribution in [3.05, 3.63) is 63.0 Å². The molecule has 3 aromatic rings. The monoisotopic (exact) mass is 489 g/mol. The average Bonchev–Trinajstić information content (AvgIpc) is 3.25. The van der Waals surface area contributed by atoms with Crippen LogP contribution in [-0.4, -0.2) is 32.0 Å². The van der Waals surface area contributed by atoms with E-state index < -0.39 is 11.6 Å². The first kappa shape index (κ1) is 24.7. The van der Waals surface area contributed by atoms with Gasteiger partial charge in [0.05, 0.1) is 12.1 Å². The molecule has 0 saturated carbocycles. The Kier molecular flexibility index (Phi) is 6.82. The molecule has 3 heterocycles. The van der Waals surface area contributed by atoms with E-state index in [2.05, 4.69) is 60.3 Å². The highest BCUT2D eigenvalue weighted by Crippen LogP contribution is 2.39. The Morgan fingerprint density at radius 2 is 1.89 bits per heavy atom. The van der Waals surface area contributed by atoms with Crippen molar-refractivity contribution in [1.82, 2.24) is 14.8 Å². The third-order valence-corrected chi connectivity index (χ3v) is 7.08. The summed E-state index contributed by atoms with van der Waals surface area (Å²) < 4.78 is 7.67. The number of hydrogen-bond acceptors (Lipinski definition) is 7. The Hall–Kier alpha value is -3.44. The Morgan fingerprint density at radius 1 is 1.17 bits per heavy atom. The number of thiophene rings is 1. The van der Waals surface area contributed by atoms with E-state index in [4.69, 9.17) is 15.5 Å². The van der Waals surface area contributed by atoms with Crippen LogP contribution < -0.4 is 5.73 Å². The van der Waals surface area contributed by atoms with Crippen molar-refractivity contribution < 1.29 is 9.53 Å². The molecule has 1 aliphatic heterocycles. The highest BCUT2D eigenvalue weighted by molar-refractivity contribution is 7.15. The summed E-state index contributed by atoms with van der Waals surface area (Å²) in [6, 6.07) is 10.3. The summed E-state index contributed by atoms with van der Waals surface area (Å²) in [6.45, 7) is 11.8. The average molecular weight is 490 g/mol. The van der Waals surface area contributed by atoms with Gasteiger partial charge in [0.1, 0.15) is 22.5 Å². The summed E-state index contributed by atoms with van der Waals surface area (Å²) in [5, 5.41) is 9.82. The van der Waals surface area contributed by atoms with E-state index in [0.29, 0.717) is 5.82 Å². The summed E-state index contributed by atoms with van der Waals surface area (Å²) in [7, 11) is 0. The normalized spacial score (nSPS) is 14.8. The summed E-state index contributed by atoms with van der Waals surface area (Å²) in [6.07, 6.45) is 1.64. The molecule has 0 amide bonds. The van der Waals surface area contributed by atoms with Crippen LogP contribution in [0.1, 0.15) is 78.4 Å². The number of hydrogen-bond donors (Lipinski definition) is 1. The number of aromatic nitrogens is 3. The van der Waals surface area contributed by atoms with Crippen LogP contribution in [0.25, 0.3) is 5.00 Å². The van der Waals surface area contributed by atoms with Crippen LogP contribution in [-0.2, 0) is 16.0 Å². The van der Waals surface area contributed by atoms with Gasteiger partial charge in [-0.25, -0.2) is 0 Å². The van der Waals surface area contributed by atoms with Gasteiger partial charge in [-0.1, -0.05) is 30.2 Å². The van der Waals surface area contributed by atoms with Crippen molar-refractivity contribution in [2.24, 2.45) is 10.7 Å². The first-order valence-corrected chi connectivity index (χ1v) is 12.5. The number of aryl methyl sites for hydroxylation is 3. The standard InChI is InChI=1S/C27H31N5O2S/c1-16-17(2)35-26-23(16)24(20-12-10-19(11-13-20)9-7-8-14-28)29-21(15-22(33)34-27(4,5)6)25-31-30-18(3)32(25)26/h10-13,21H,7,9,15,28H2,1-6H3. The van der Waals surface area contributed by atoms with Crippen LogP contribution in [0.4, 0.5) is 0 Å². The molecule has 7 nitrogen and oxygen atoms in total. The lowest BCUT2D eigenvalue weighted by Gasteiger charge is -2.21. The van der Waals surface area contributed by atoms with Crippen molar-refractivity contribution in [3.8, 4) is 17.0 Å². The zero-order valence-electron chi connectivity index (χ0n) is 21.1.